The number of rotatable bonds is 0. The third-order valence-electron chi connectivity index (χ3n) is 4.39. The Bertz CT molecular complexity index is 1020. The second kappa shape index (κ2) is 4.21. The number of thiophene rings is 1. The SMILES string of the molecule is Brc1ccc2c(c1)NC1CC=c3c(sc4ccccc34)=C21. The molecule has 0 spiro atoms. The van der Waals surface area contributed by atoms with Crippen molar-refractivity contribution in [1.82, 2.24) is 0 Å². The Morgan fingerprint density at radius 3 is 3.00 bits per heavy atom. The molecule has 0 saturated heterocycles. The van der Waals surface area contributed by atoms with E-state index in [0.717, 1.165) is 10.9 Å². The molecule has 1 aromatic heterocycles. The van der Waals surface area contributed by atoms with Gasteiger partial charge in [-0.2, -0.15) is 0 Å². The maximum atomic E-state index is 3.67. The average molecular weight is 354 g/mol. The van der Waals surface area contributed by atoms with E-state index in [1.54, 1.807) is 0 Å². The Balaban J connectivity index is 1.95. The van der Waals surface area contributed by atoms with Gasteiger partial charge in [-0.1, -0.05) is 46.3 Å². The first-order valence-electron chi connectivity index (χ1n) is 7.10. The molecular formula is C18H12BrNS. The molecule has 0 bridgehead atoms. The van der Waals surface area contributed by atoms with E-state index in [0.29, 0.717) is 6.04 Å². The minimum Gasteiger partial charge on any atom is -0.377 e. The minimum absolute atomic E-state index is 0.426. The summed E-state index contributed by atoms with van der Waals surface area (Å²) in [4.78, 5) is 0. The fourth-order valence-electron chi connectivity index (χ4n) is 3.48. The predicted octanol–water partition coefficient (Wildman–Crippen LogP) is 3.84. The zero-order chi connectivity index (χ0) is 14.0. The molecule has 3 heteroatoms. The maximum absolute atomic E-state index is 3.67. The van der Waals surface area contributed by atoms with Crippen molar-refractivity contribution in [3.8, 4) is 0 Å². The van der Waals surface area contributed by atoms with E-state index in [1.807, 2.05) is 11.3 Å². The van der Waals surface area contributed by atoms with Gasteiger partial charge in [0.25, 0.3) is 0 Å². The van der Waals surface area contributed by atoms with Crippen LogP contribution >= 0.6 is 27.3 Å². The van der Waals surface area contributed by atoms with E-state index in [-0.39, 0.29) is 0 Å². The van der Waals surface area contributed by atoms with Crippen molar-refractivity contribution in [1.29, 1.82) is 0 Å². The molecule has 0 fully saturated rings. The summed E-state index contributed by atoms with van der Waals surface area (Å²) < 4.78 is 3.96. The third-order valence-corrected chi connectivity index (χ3v) is 6.10. The summed E-state index contributed by atoms with van der Waals surface area (Å²) in [6.45, 7) is 0. The summed E-state index contributed by atoms with van der Waals surface area (Å²) in [7, 11) is 0. The summed E-state index contributed by atoms with van der Waals surface area (Å²) in [6, 6.07) is 15.7. The van der Waals surface area contributed by atoms with Crippen molar-refractivity contribution in [2.45, 2.75) is 12.5 Å². The number of hydrogen-bond donors (Lipinski definition) is 1. The Morgan fingerprint density at radius 2 is 2.05 bits per heavy atom. The Kier molecular flexibility index (Phi) is 2.41. The van der Waals surface area contributed by atoms with Gasteiger partial charge >= 0.3 is 0 Å². The highest BCUT2D eigenvalue weighted by molar-refractivity contribution is 9.10. The van der Waals surface area contributed by atoms with Crippen LogP contribution < -0.4 is 15.1 Å². The van der Waals surface area contributed by atoms with Gasteiger partial charge in [0.05, 0.1) is 6.04 Å². The van der Waals surface area contributed by atoms with Crippen LogP contribution in [0.4, 0.5) is 5.69 Å². The van der Waals surface area contributed by atoms with Crippen molar-refractivity contribution in [3.63, 3.8) is 0 Å². The van der Waals surface area contributed by atoms with Gasteiger partial charge in [-0.15, -0.1) is 11.3 Å². The Hall–Kier alpha value is -1.58. The normalized spacial score (nSPS) is 18.7. The van der Waals surface area contributed by atoms with Crippen LogP contribution in [0.2, 0.25) is 0 Å². The Labute approximate surface area is 134 Å². The van der Waals surface area contributed by atoms with E-state index < -0.39 is 0 Å². The van der Waals surface area contributed by atoms with E-state index in [2.05, 4.69) is 69.8 Å². The maximum Gasteiger partial charge on any atom is 0.0569 e. The topological polar surface area (TPSA) is 12.0 Å². The number of hydrogen-bond acceptors (Lipinski definition) is 2. The van der Waals surface area contributed by atoms with Crippen LogP contribution in [0.3, 0.4) is 0 Å². The van der Waals surface area contributed by atoms with Crippen LogP contribution in [0.15, 0.2) is 46.9 Å². The lowest BCUT2D eigenvalue weighted by molar-refractivity contribution is 0.955. The largest absolute Gasteiger partial charge is 0.377 e. The van der Waals surface area contributed by atoms with Gasteiger partial charge in [0, 0.05) is 30.5 Å². The van der Waals surface area contributed by atoms with E-state index >= 15 is 0 Å². The summed E-state index contributed by atoms with van der Waals surface area (Å²) in [5.74, 6) is 0. The van der Waals surface area contributed by atoms with E-state index in [4.69, 9.17) is 0 Å². The highest BCUT2D eigenvalue weighted by atomic mass is 79.9. The first-order chi connectivity index (χ1) is 10.3. The second-order valence-electron chi connectivity index (χ2n) is 5.58. The standard InChI is InChI=1S/C18H12BrNS/c19-10-5-6-13-15(9-10)20-14-8-7-12-11-3-1-2-4-16(11)21-18(12)17(13)14/h1-7,9,14,20H,8H2. The van der Waals surface area contributed by atoms with Crippen LogP contribution in [-0.4, -0.2) is 6.04 Å². The Morgan fingerprint density at radius 1 is 1.14 bits per heavy atom. The molecule has 21 heavy (non-hydrogen) atoms. The van der Waals surface area contributed by atoms with Gasteiger partial charge in [0.2, 0.25) is 0 Å². The van der Waals surface area contributed by atoms with Gasteiger partial charge in [0.1, 0.15) is 0 Å². The number of halogens is 1. The molecule has 1 atom stereocenters. The van der Waals surface area contributed by atoms with Crippen LogP contribution in [0.25, 0.3) is 21.7 Å². The second-order valence-corrected chi connectivity index (χ2v) is 7.55. The summed E-state index contributed by atoms with van der Waals surface area (Å²) >= 11 is 5.49. The molecule has 1 unspecified atom stereocenters. The smallest absolute Gasteiger partial charge is 0.0569 e. The van der Waals surface area contributed by atoms with Gasteiger partial charge in [-0.25, -0.2) is 0 Å². The molecule has 1 aliphatic heterocycles. The van der Waals surface area contributed by atoms with Gasteiger partial charge in [0.15, 0.2) is 0 Å². The van der Waals surface area contributed by atoms with E-state index in [1.165, 1.54) is 36.7 Å². The quantitative estimate of drug-likeness (QED) is 0.647. The lowest BCUT2D eigenvalue weighted by atomic mass is 9.96. The number of nitrogens with one attached hydrogen (secondary N) is 1. The summed E-state index contributed by atoms with van der Waals surface area (Å²) in [5.41, 5.74) is 4.10. The highest BCUT2D eigenvalue weighted by Crippen LogP contribution is 2.38. The molecule has 2 heterocycles. The minimum atomic E-state index is 0.426. The first kappa shape index (κ1) is 12.0. The molecule has 5 rings (SSSR count). The molecule has 2 aliphatic rings. The summed E-state index contributed by atoms with van der Waals surface area (Å²) in [6.07, 6.45) is 3.46. The number of fused-ring (bicyclic) bond motifs is 6. The number of anilines is 1. The fourth-order valence-corrected chi connectivity index (χ4v) is 5.16. The molecule has 0 amide bonds. The predicted molar refractivity (Wildman–Crippen MR) is 94.2 cm³/mol. The monoisotopic (exact) mass is 353 g/mol. The van der Waals surface area contributed by atoms with Crippen LogP contribution in [0, 0.1) is 0 Å². The molecule has 1 aliphatic carbocycles. The van der Waals surface area contributed by atoms with Crippen molar-refractivity contribution in [3.05, 3.63) is 62.3 Å². The first-order valence-corrected chi connectivity index (χ1v) is 8.70. The van der Waals surface area contributed by atoms with Gasteiger partial charge < -0.3 is 5.32 Å². The molecule has 0 saturated carbocycles. The van der Waals surface area contributed by atoms with E-state index in [9.17, 15) is 0 Å². The van der Waals surface area contributed by atoms with Crippen molar-refractivity contribution in [2.24, 2.45) is 0 Å². The summed E-state index contributed by atoms with van der Waals surface area (Å²) in [5, 5.41) is 6.50. The average Bonchev–Trinajstić information content (AvgIpc) is 3.03. The molecule has 0 radical (unpaired) electrons. The molecule has 102 valence electrons. The fraction of sp³-hybridized carbons (Fsp3) is 0.111. The van der Waals surface area contributed by atoms with Crippen molar-refractivity contribution >= 4 is 54.7 Å². The van der Waals surface area contributed by atoms with Crippen LogP contribution in [0.1, 0.15) is 12.0 Å². The molecule has 3 aromatic rings. The number of benzene rings is 2. The van der Waals surface area contributed by atoms with Crippen molar-refractivity contribution in [2.75, 3.05) is 5.32 Å². The molecular weight excluding hydrogens is 342 g/mol. The van der Waals surface area contributed by atoms with Gasteiger partial charge in [-0.05, 0) is 35.2 Å². The molecule has 2 aromatic carbocycles. The zero-order valence-electron chi connectivity index (χ0n) is 11.2. The molecule has 1 N–H and O–H groups in total. The molecule has 1 nitrogen and oxygen atoms in total. The van der Waals surface area contributed by atoms with Crippen LogP contribution in [-0.2, 0) is 0 Å². The lowest BCUT2D eigenvalue weighted by Crippen LogP contribution is -2.32. The van der Waals surface area contributed by atoms with Crippen molar-refractivity contribution < 1.29 is 0 Å². The zero-order valence-corrected chi connectivity index (χ0v) is 13.6. The lowest BCUT2D eigenvalue weighted by Gasteiger charge is -2.13. The van der Waals surface area contributed by atoms with Gasteiger partial charge in [-0.3, -0.25) is 0 Å². The third kappa shape index (κ3) is 1.62. The van der Waals surface area contributed by atoms with Crippen LogP contribution in [0.5, 0.6) is 0 Å². The highest BCUT2D eigenvalue weighted by Gasteiger charge is 2.29.